The summed E-state index contributed by atoms with van der Waals surface area (Å²) in [6, 6.07) is 0.220. The maximum absolute atomic E-state index is 12.0. The van der Waals surface area contributed by atoms with Crippen molar-refractivity contribution in [3.8, 4) is 0 Å². The highest BCUT2D eigenvalue weighted by molar-refractivity contribution is 8.00. The third-order valence-electron chi connectivity index (χ3n) is 4.73. The summed E-state index contributed by atoms with van der Waals surface area (Å²) in [4.78, 5) is 2.16. The Morgan fingerprint density at radius 2 is 2.10 bits per heavy atom. The first-order chi connectivity index (χ1) is 9.19. The van der Waals surface area contributed by atoms with Crippen molar-refractivity contribution in [1.29, 1.82) is 0 Å². The van der Waals surface area contributed by atoms with E-state index in [4.69, 9.17) is 5.73 Å². The average molecular weight is 321 g/mol. The van der Waals surface area contributed by atoms with Gasteiger partial charge in [-0.2, -0.15) is 11.8 Å². The van der Waals surface area contributed by atoms with Crippen molar-refractivity contribution in [3.63, 3.8) is 0 Å². The van der Waals surface area contributed by atoms with Crippen molar-refractivity contribution in [3.05, 3.63) is 0 Å². The molecule has 4 nitrogen and oxygen atoms in total. The molecule has 2 N–H and O–H groups in total. The van der Waals surface area contributed by atoms with Crippen LogP contribution in [0.5, 0.6) is 0 Å². The number of hydrogen-bond acceptors (Lipinski definition) is 5. The second-order valence-corrected chi connectivity index (χ2v) is 10.5. The van der Waals surface area contributed by atoms with Crippen molar-refractivity contribution in [2.24, 2.45) is 17.1 Å². The Labute approximate surface area is 127 Å². The number of hydrogen-bond donors (Lipinski definition) is 1. The zero-order chi connectivity index (χ0) is 15.0. The fourth-order valence-corrected chi connectivity index (χ4v) is 6.43. The molecule has 1 aliphatic carbocycles. The summed E-state index contributed by atoms with van der Waals surface area (Å²) in [6.07, 6.45) is 4.70. The van der Waals surface area contributed by atoms with E-state index in [1.807, 2.05) is 0 Å². The van der Waals surface area contributed by atoms with Crippen LogP contribution in [0.4, 0.5) is 0 Å². The summed E-state index contributed by atoms with van der Waals surface area (Å²) in [5, 5.41) is -0.321. The highest BCUT2D eigenvalue weighted by atomic mass is 32.2. The largest absolute Gasteiger partial charge is 0.327 e. The van der Waals surface area contributed by atoms with E-state index >= 15 is 0 Å². The molecule has 0 aromatic carbocycles. The number of nitrogens with zero attached hydrogens (tertiary/aromatic N) is 1. The minimum absolute atomic E-state index is 0.220. The summed E-state index contributed by atoms with van der Waals surface area (Å²) in [7, 11) is -3.01. The SMILES string of the molecule is CC1(C)CCC(N)C(CN2CCSCC2S(C)(=O)=O)C1. The molecule has 0 aromatic rings. The Morgan fingerprint density at radius 3 is 2.75 bits per heavy atom. The van der Waals surface area contributed by atoms with Crippen molar-refractivity contribution < 1.29 is 8.42 Å². The second kappa shape index (κ2) is 6.15. The van der Waals surface area contributed by atoms with Gasteiger partial charge in [0.05, 0.1) is 0 Å². The van der Waals surface area contributed by atoms with E-state index in [0.717, 1.165) is 31.7 Å². The molecule has 6 heteroatoms. The van der Waals surface area contributed by atoms with Gasteiger partial charge in [0.15, 0.2) is 9.84 Å². The first-order valence-electron chi connectivity index (χ1n) is 7.45. The lowest BCUT2D eigenvalue weighted by Gasteiger charge is -2.43. The van der Waals surface area contributed by atoms with Gasteiger partial charge < -0.3 is 5.73 Å². The van der Waals surface area contributed by atoms with E-state index in [-0.39, 0.29) is 11.4 Å². The average Bonchev–Trinajstić information content (AvgIpc) is 2.33. The zero-order valence-corrected chi connectivity index (χ0v) is 14.5. The molecule has 2 fully saturated rings. The van der Waals surface area contributed by atoms with Crippen molar-refractivity contribution in [2.75, 3.05) is 30.9 Å². The molecular formula is C14H28N2O2S2. The second-order valence-electron chi connectivity index (χ2n) is 7.18. The number of thioether (sulfide) groups is 1. The fourth-order valence-electron chi connectivity index (χ4n) is 3.48. The van der Waals surface area contributed by atoms with Gasteiger partial charge in [-0.1, -0.05) is 13.8 Å². The van der Waals surface area contributed by atoms with Gasteiger partial charge in [0, 0.05) is 36.9 Å². The van der Waals surface area contributed by atoms with Crippen LogP contribution in [-0.2, 0) is 9.84 Å². The van der Waals surface area contributed by atoms with Crippen LogP contribution in [0.2, 0.25) is 0 Å². The molecule has 3 atom stereocenters. The van der Waals surface area contributed by atoms with Crippen LogP contribution >= 0.6 is 11.8 Å². The molecule has 2 aliphatic rings. The van der Waals surface area contributed by atoms with Gasteiger partial charge in [0.1, 0.15) is 5.37 Å². The maximum atomic E-state index is 12.0. The lowest BCUT2D eigenvalue weighted by atomic mass is 9.70. The lowest BCUT2D eigenvalue weighted by Crippen LogP contribution is -2.52. The highest BCUT2D eigenvalue weighted by Crippen LogP contribution is 2.39. The first kappa shape index (κ1) is 16.6. The van der Waals surface area contributed by atoms with Crippen LogP contribution in [0, 0.1) is 11.3 Å². The summed E-state index contributed by atoms with van der Waals surface area (Å²) in [6.45, 7) is 6.30. The molecule has 0 amide bonds. The summed E-state index contributed by atoms with van der Waals surface area (Å²) in [5.74, 6) is 2.15. The Morgan fingerprint density at radius 1 is 1.40 bits per heavy atom. The first-order valence-corrected chi connectivity index (χ1v) is 10.6. The van der Waals surface area contributed by atoms with Gasteiger partial charge >= 0.3 is 0 Å². The van der Waals surface area contributed by atoms with Crippen LogP contribution in [0.1, 0.15) is 33.1 Å². The predicted octanol–water partition coefficient (Wildman–Crippen LogP) is 1.56. The molecule has 1 aliphatic heterocycles. The minimum atomic E-state index is -3.01. The molecule has 1 saturated heterocycles. The van der Waals surface area contributed by atoms with E-state index in [1.54, 1.807) is 11.8 Å². The van der Waals surface area contributed by atoms with E-state index in [0.29, 0.717) is 17.1 Å². The molecule has 1 heterocycles. The molecular weight excluding hydrogens is 292 g/mol. The van der Waals surface area contributed by atoms with E-state index in [1.165, 1.54) is 12.7 Å². The van der Waals surface area contributed by atoms with E-state index in [2.05, 4.69) is 18.7 Å². The molecule has 0 radical (unpaired) electrons. The zero-order valence-electron chi connectivity index (χ0n) is 12.8. The van der Waals surface area contributed by atoms with Gasteiger partial charge in [-0.05, 0) is 30.6 Å². The normalized spacial score (nSPS) is 35.9. The van der Waals surface area contributed by atoms with Crippen molar-refractivity contribution in [1.82, 2.24) is 4.90 Å². The van der Waals surface area contributed by atoms with Gasteiger partial charge in [-0.15, -0.1) is 0 Å². The third kappa shape index (κ3) is 4.12. The molecule has 3 unspecified atom stereocenters. The molecule has 0 aromatic heterocycles. The van der Waals surface area contributed by atoms with Crippen LogP contribution in [0.3, 0.4) is 0 Å². The van der Waals surface area contributed by atoms with Crippen molar-refractivity contribution in [2.45, 2.75) is 44.5 Å². The minimum Gasteiger partial charge on any atom is -0.327 e. The quantitative estimate of drug-likeness (QED) is 0.855. The van der Waals surface area contributed by atoms with E-state index < -0.39 is 9.84 Å². The summed E-state index contributed by atoms with van der Waals surface area (Å²) < 4.78 is 23.9. The lowest BCUT2D eigenvalue weighted by molar-refractivity contribution is 0.113. The summed E-state index contributed by atoms with van der Waals surface area (Å²) in [5.41, 5.74) is 6.63. The van der Waals surface area contributed by atoms with Gasteiger partial charge in [-0.25, -0.2) is 8.42 Å². The van der Waals surface area contributed by atoms with Crippen LogP contribution in [-0.4, -0.2) is 55.6 Å². The van der Waals surface area contributed by atoms with E-state index in [9.17, 15) is 8.42 Å². The Balaban J connectivity index is 2.06. The van der Waals surface area contributed by atoms with Crippen molar-refractivity contribution >= 4 is 21.6 Å². The molecule has 0 spiro atoms. The number of rotatable bonds is 3. The van der Waals surface area contributed by atoms with Crippen LogP contribution in [0.15, 0.2) is 0 Å². The Kier molecular flexibility index (Phi) is 5.10. The van der Waals surface area contributed by atoms with Crippen LogP contribution in [0.25, 0.3) is 0 Å². The smallest absolute Gasteiger partial charge is 0.164 e. The van der Waals surface area contributed by atoms with Gasteiger partial charge in [-0.3, -0.25) is 4.90 Å². The summed E-state index contributed by atoms with van der Waals surface area (Å²) >= 11 is 1.74. The molecule has 0 bridgehead atoms. The third-order valence-corrected chi connectivity index (χ3v) is 7.42. The van der Waals surface area contributed by atoms with Crippen LogP contribution < -0.4 is 5.73 Å². The Bertz CT molecular complexity index is 436. The Hall–Kier alpha value is 0.220. The molecule has 20 heavy (non-hydrogen) atoms. The standard InChI is InChI=1S/C14H28N2O2S2/c1-14(2)5-4-12(15)11(8-14)9-16-6-7-19-10-13(16)20(3,17)18/h11-13H,4-10,15H2,1-3H3. The van der Waals surface area contributed by atoms with Gasteiger partial charge in [0.2, 0.25) is 0 Å². The highest BCUT2D eigenvalue weighted by Gasteiger charge is 2.37. The predicted molar refractivity (Wildman–Crippen MR) is 86.6 cm³/mol. The topological polar surface area (TPSA) is 63.4 Å². The van der Waals surface area contributed by atoms with Gasteiger partial charge in [0.25, 0.3) is 0 Å². The molecule has 1 saturated carbocycles. The molecule has 118 valence electrons. The number of nitrogens with two attached hydrogens (primary N) is 1. The number of sulfone groups is 1. The monoisotopic (exact) mass is 320 g/mol. The molecule has 2 rings (SSSR count). The fraction of sp³-hybridized carbons (Fsp3) is 1.00. The maximum Gasteiger partial charge on any atom is 0.164 e.